The summed E-state index contributed by atoms with van der Waals surface area (Å²) in [7, 11) is 0. The SMILES string of the molecule is O=C(c1ccccc1)N1CCc2[nH]c3cc(Cl)c(Cl)cc3c2C1. The fourth-order valence-electron chi connectivity index (χ4n) is 3.15. The Morgan fingerprint density at radius 3 is 2.61 bits per heavy atom. The van der Waals surface area contributed by atoms with Gasteiger partial charge < -0.3 is 9.88 Å². The zero-order valence-electron chi connectivity index (χ0n) is 12.3. The summed E-state index contributed by atoms with van der Waals surface area (Å²) in [5, 5.41) is 2.11. The van der Waals surface area contributed by atoms with Crippen LogP contribution in [0.15, 0.2) is 42.5 Å². The van der Waals surface area contributed by atoms with Crippen LogP contribution in [0, 0.1) is 0 Å². The van der Waals surface area contributed by atoms with Crippen LogP contribution in [0.3, 0.4) is 0 Å². The summed E-state index contributed by atoms with van der Waals surface area (Å²) in [6.07, 6.45) is 0.803. The molecule has 1 amide bonds. The highest BCUT2D eigenvalue weighted by molar-refractivity contribution is 6.42. The highest BCUT2D eigenvalue weighted by Gasteiger charge is 2.25. The summed E-state index contributed by atoms with van der Waals surface area (Å²) in [5.74, 6) is 0.0608. The molecule has 2 aromatic carbocycles. The van der Waals surface area contributed by atoms with Crippen molar-refractivity contribution in [2.24, 2.45) is 0 Å². The number of hydrogen-bond acceptors (Lipinski definition) is 1. The molecule has 0 saturated carbocycles. The van der Waals surface area contributed by atoms with E-state index in [2.05, 4.69) is 4.98 Å². The lowest BCUT2D eigenvalue weighted by Crippen LogP contribution is -2.35. The molecule has 0 atom stereocenters. The minimum Gasteiger partial charge on any atom is -0.358 e. The van der Waals surface area contributed by atoms with Crippen molar-refractivity contribution in [1.29, 1.82) is 0 Å². The number of fused-ring (bicyclic) bond motifs is 3. The lowest BCUT2D eigenvalue weighted by molar-refractivity contribution is 0.0735. The van der Waals surface area contributed by atoms with Gasteiger partial charge in [0.05, 0.1) is 10.0 Å². The first-order chi connectivity index (χ1) is 11.1. The van der Waals surface area contributed by atoms with Gasteiger partial charge in [-0.2, -0.15) is 0 Å². The molecule has 0 aliphatic carbocycles. The fraction of sp³-hybridized carbons (Fsp3) is 0.167. The number of aromatic amines is 1. The summed E-state index contributed by atoms with van der Waals surface area (Å²) in [4.78, 5) is 17.9. The second kappa shape index (κ2) is 5.59. The number of aromatic nitrogens is 1. The Bertz CT molecular complexity index is 902. The smallest absolute Gasteiger partial charge is 0.254 e. The number of nitrogens with zero attached hydrogens (tertiary/aromatic N) is 1. The molecule has 0 bridgehead atoms. The van der Waals surface area contributed by atoms with Crippen molar-refractivity contribution in [2.45, 2.75) is 13.0 Å². The van der Waals surface area contributed by atoms with Gasteiger partial charge in [0, 0.05) is 47.2 Å². The third kappa shape index (κ3) is 2.50. The Kier molecular flexibility index (Phi) is 3.55. The Labute approximate surface area is 143 Å². The van der Waals surface area contributed by atoms with Gasteiger partial charge in [-0.05, 0) is 24.3 Å². The summed E-state index contributed by atoms with van der Waals surface area (Å²) >= 11 is 12.2. The number of hydrogen-bond donors (Lipinski definition) is 1. The standard InChI is InChI=1S/C18H14Cl2N2O/c19-14-8-12-13-10-22(18(23)11-4-2-1-3-5-11)7-6-16(13)21-17(12)9-15(14)20/h1-5,8-9,21H,6-7,10H2. The van der Waals surface area contributed by atoms with Crippen LogP contribution in [0.5, 0.6) is 0 Å². The monoisotopic (exact) mass is 344 g/mol. The molecule has 1 aliphatic heterocycles. The molecule has 0 radical (unpaired) electrons. The third-order valence-electron chi connectivity index (χ3n) is 4.32. The minimum atomic E-state index is 0.0608. The zero-order chi connectivity index (χ0) is 16.0. The van der Waals surface area contributed by atoms with E-state index in [0.717, 1.165) is 34.1 Å². The first-order valence-corrected chi connectivity index (χ1v) is 8.22. The summed E-state index contributed by atoms with van der Waals surface area (Å²) in [5.41, 5.74) is 3.99. The number of carbonyl (C=O) groups is 1. The van der Waals surface area contributed by atoms with Crippen molar-refractivity contribution in [3.05, 3.63) is 69.3 Å². The Morgan fingerprint density at radius 2 is 1.83 bits per heavy atom. The number of halogens is 2. The van der Waals surface area contributed by atoms with E-state index in [0.29, 0.717) is 23.1 Å². The first kappa shape index (κ1) is 14.6. The average molecular weight is 345 g/mol. The maximum atomic E-state index is 12.7. The van der Waals surface area contributed by atoms with Crippen LogP contribution in [0.25, 0.3) is 10.9 Å². The number of rotatable bonds is 1. The Balaban J connectivity index is 1.71. The van der Waals surface area contributed by atoms with E-state index < -0.39 is 0 Å². The van der Waals surface area contributed by atoms with Crippen molar-refractivity contribution < 1.29 is 4.79 Å². The number of benzene rings is 2. The van der Waals surface area contributed by atoms with Gasteiger partial charge in [0.1, 0.15) is 0 Å². The van der Waals surface area contributed by atoms with Crippen molar-refractivity contribution >= 4 is 40.0 Å². The van der Waals surface area contributed by atoms with E-state index in [1.807, 2.05) is 47.4 Å². The molecule has 0 fully saturated rings. The third-order valence-corrected chi connectivity index (χ3v) is 5.05. The zero-order valence-corrected chi connectivity index (χ0v) is 13.8. The first-order valence-electron chi connectivity index (χ1n) is 7.46. The van der Waals surface area contributed by atoms with Gasteiger partial charge in [-0.3, -0.25) is 4.79 Å². The number of H-pyrrole nitrogens is 1. The molecular formula is C18H14Cl2N2O. The van der Waals surface area contributed by atoms with Crippen LogP contribution >= 0.6 is 23.2 Å². The van der Waals surface area contributed by atoms with Crippen molar-refractivity contribution in [3.8, 4) is 0 Å². The highest BCUT2D eigenvalue weighted by atomic mass is 35.5. The number of nitrogens with one attached hydrogen (secondary N) is 1. The predicted molar refractivity (Wildman–Crippen MR) is 93.2 cm³/mol. The number of carbonyl (C=O) groups excluding carboxylic acids is 1. The van der Waals surface area contributed by atoms with Gasteiger partial charge >= 0.3 is 0 Å². The van der Waals surface area contributed by atoms with E-state index in [9.17, 15) is 4.79 Å². The molecule has 1 aliphatic rings. The second-order valence-corrected chi connectivity index (χ2v) is 6.55. The molecule has 1 N–H and O–H groups in total. The lowest BCUT2D eigenvalue weighted by Gasteiger charge is -2.27. The largest absolute Gasteiger partial charge is 0.358 e. The molecule has 0 unspecified atom stereocenters. The molecule has 4 rings (SSSR count). The van der Waals surface area contributed by atoms with Crippen LogP contribution in [-0.4, -0.2) is 22.3 Å². The molecule has 23 heavy (non-hydrogen) atoms. The molecule has 2 heterocycles. The van der Waals surface area contributed by atoms with Gasteiger partial charge in [-0.25, -0.2) is 0 Å². The molecule has 5 heteroatoms. The average Bonchev–Trinajstić information content (AvgIpc) is 2.92. The van der Waals surface area contributed by atoms with E-state index >= 15 is 0 Å². The predicted octanol–water partition coefficient (Wildman–Crippen LogP) is 4.67. The number of amides is 1. The maximum absolute atomic E-state index is 12.7. The van der Waals surface area contributed by atoms with E-state index in [1.54, 1.807) is 0 Å². The molecule has 3 aromatic rings. The van der Waals surface area contributed by atoms with Crippen molar-refractivity contribution in [3.63, 3.8) is 0 Å². The Hall–Kier alpha value is -1.97. The van der Waals surface area contributed by atoms with Gasteiger partial charge in [0.15, 0.2) is 0 Å². The molecular weight excluding hydrogens is 331 g/mol. The highest BCUT2D eigenvalue weighted by Crippen LogP contribution is 2.33. The van der Waals surface area contributed by atoms with Crippen molar-refractivity contribution in [2.75, 3.05) is 6.54 Å². The molecule has 0 saturated heterocycles. The molecule has 3 nitrogen and oxygen atoms in total. The summed E-state index contributed by atoms with van der Waals surface area (Å²) < 4.78 is 0. The normalized spacial score (nSPS) is 14.1. The van der Waals surface area contributed by atoms with E-state index in [1.165, 1.54) is 0 Å². The van der Waals surface area contributed by atoms with E-state index in [4.69, 9.17) is 23.2 Å². The van der Waals surface area contributed by atoms with Gasteiger partial charge in [0.25, 0.3) is 5.91 Å². The Morgan fingerprint density at radius 1 is 1.09 bits per heavy atom. The quantitative estimate of drug-likeness (QED) is 0.683. The van der Waals surface area contributed by atoms with Crippen LogP contribution in [-0.2, 0) is 13.0 Å². The molecule has 116 valence electrons. The van der Waals surface area contributed by atoms with Crippen LogP contribution in [0.2, 0.25) is 10.0 Å². The van der Waals surface area contributed by atoms with Gasteiger partial charge in [-0.1, -0.05) is 41.4 Å². The van der Waals surface area contributed by atoms with Crippen LogP contribution < -0.4 is 0 Å². The van der Waals surface area contributed by atoms with Crippen LogP contribution in [0.1, 0.15) is 21.6 Å². The summed E-state index contributed by atoms with van der Waals surface area (Å²) in [6.45, 7) is 1.29. The minimum absolute atomic E-state index is 0.0608. The molecule has 0 spiro atoms. The second-order valence-electron chi connectivity index (χ2n) is 5.74. The van der Waals surface area contributed by atoms with E-state index in [-0.39, 0.29) is 5.91 Å². The fourth-order valence-corrected chi connectivity index (χ4v) is 3.48. The van der Waals surface area contributed by atoms with Crippen molar-refractivity contribution in [1.82, 2.24) is 9.88 Å². The van der Waals surface area contributed by atoms with Crippen LogP contribution in [0.4, 0.5) is 0 Å². The lowest BCUT2D eigenvalue weighted by atomic mass is 10.0. The van der Waals surface area contributed by atoms with Gasteiger partial charge in [0.2, 0.25) is 0 Å². The van der Waals surface area contributed by atoms with Gasteiger partial charge in [-0.15, -0.1) is 0 Å². The topological polar surface area (TPSA) is 36.1 Å². The molecule has 1 aromatic heterocycles. The summed E-state index contributed by atoms with van der Waals surface area (Å²) in [6, 6.07) is 13.1. The maximum Gasteiger partial charge on any atom is 0.254 e.